The van der Waals surface area contributed by atoms with Crippen LogP contribution in [0.2, 0.25) is 0 Å². The third-order valence-corrected chi connectivity index (χ3v) is 3.94. The molecule has 2 aromatic rings. The van der Waals surface area contributed by atoms with Crippen molar-refractivity contribution in [3.05, 3.63) is 39.2 Å². The predicted molar refractivity (Wildman–Crippen MR) is 94.2 cm³/mol. The molecule has 2 rings (SSSR count). The predicted octanol–water partition coefficient (Wildman–Crippen LogP) is 4.57. The number of halogens is 1. The number of ether oxygens (including phenoxy) is 1. The number of para-hydroxylation sites is 1. The molecular weight excluding hydrogens is 377 g/mol. The highest BCUT2D eigenvalue weighted by molar-refractivity contribution is 14.1. The van der Waals surface area contributed by atoms with Crippen molar-refractivity contribution in [1.29, 1.82) is 0 Å². The molecule has 1 aromatic heterocycles. The van der Waals surface area contributed by atoms with E-state index in [0.717, 1.165) is 45.9 Å². The smallest absolute Gasteiger partial charge is 0.227 e. The van der Waals surface area contributed by atoms with Crippen LogP contribution in [0, 0.1) is 10.5 Å². The summed E-state index contributed by atoms with van der Waals surface area (Å²) >= 11 is 2.26. The fourth-order valence-electron chi connectivity index (χ4n) is 1.84. The number of hydrogen-bond acceptors (Lipinski definition) is 4. The van der Waals surface area contributed by atoms with E-state index in [1.165, 1.54) is 0 Å². The van der Waals surface area contributed by atoms with Gasteiger partial charge >= 0.3 is 0 Å². The van der Waals surface area contributed by atoms with Crippen LogP contribution in [0.4, 0.5) is 5.82 Å². The molecule has 0 aliphatic heterocycles. The van der Waals surface area contributed by atoms with Crippen LogP contribution in [0.1, 0.15) is 31.7 Å². The average molecular weight is 397 g/mol. The molecule has 5 heteroatoms. The molecule has 0 unspecified atom stereocenters. The van der Waals surface area contributed by atoms with Gasteiger partial charge in [-0.05, 0) is 48.1 Å². The van der Waals surface area contributed by atoms with E-state index in [9.17, 15) is 0 Å². The summed E-state index contributed by atoms with van der Waals surface area (Å²) in [6.07, 6.45) is 1.83. The molecule has 21 heavy (non-hydrogen) atoms. The zero-order valence-corrected chi connectivity index (χ0v) is 14.8. The van der Waals surface area contributed by atoms with Gasteiger partial charge in [-0.25, -0.2) is 4.98 Å². The first-order chi connectivity index (χ1) is 10.2. The second kappa shape index (κ2) is 7.59. The van der Waals surface area contributed by atoms with E-state index in [1.54, 1.807) is 0 Å². The van der Waals surface area contributed by atoms with Crippen LogP contribution >= 0.6 is 22.6 Å². The van der Waals surface area contributed by atoms with Crippen LogP contribution < -0.4 is 10.1 Å². The van der Waals surface area contributed by atoms with Gasteiger partial charge in [0.1, 0.15) is 17.4 Å². The number of nitrogens with zero attached hydrogens (tertiary/aromatic N) is 2. The fourth-order valence-corrected chi connectivity index (χ4v) is 2.34. The molecule has 0 saturated carbocycles. The summed E-state index contributed by atoms with van der Waals surface area (Å²) < 4.78 is 7.07. The van der Waals surface area contributed by atoms with E-state index in [1.807, 2.05) is 38.1 Å². The van der Waals surface area contributed by atoms with Crippen LogP contribution in [0.25, 0.3) is 0 Å². The van der Waals surface area contributed by atoms with Gasteiger partial charge in [-0.15, -0.1) is 0 Å². The number of anilines is 1. The lowest BCUT2D eigenvalue weighted by Crippen LogP contribution is -2.08. The maximum absolute atomic E-state index is 6.00. The van der Waals surface area contributed by atoms with Gasteiger partial charge in [-0.1, -0.05) is 26.0 Å². The molecule has 0 aliphatic rings. The fraction of sp³-hybridized carbons (Fsp3) is 0.375. The topological polar surface area (TPSA) is 47.0 Å². The summed E-state index contributed by atoms with van der Waals surface area (Å²) in [5.41, 5.74) is 0.945. The molecular formula is C16H20IN3O. The van der Waals surface area contributed by atoms with Crippen LogP contribution in [0.15, 0.2) is 24.3 Å². The Kier molecular flexibility index (Phi) is 5.78. The monoisotopic (exact) mass is 397 g/mol. The molecule has 0 aliphatic carbocycles. The number of aryl methyl sites for hydroxylation is 1. The maximum Gasteiger partial charge on any atom is 0.227 e. The van der Waals surface area contributed by atoms with Crippen molar-refractivity contribution < 1.29 is 4.74 Å². The normalized spacial score (nSPS) is 10.5. The van der Waals surface area contributed by atoms with Gasteiger partial charge < -0.3 is 10.1 Å². The van der Waals surface area contributed by atoms with E-state index in [4.69, 9.17) is 4.74 Å². The van der Waals surface area contributed by atoms with Crippen molar-refractivity contribution in [2.24, 2.45) is 0 Å². The molecule has 0 saturated heterocycles. The molecule has 112 valence electrons. The van der Waals surface area contributed by atoms with Gasteiger partial charge in [0, 0.05) is 13.0 Å². The molecule has 1 heterocycles. The SMILES string of the molecule is CCCNc1nc(CC)nc(Oc2ccccc2I)c1C. The minimum atomic E-state index is 0.629. The van der Waals surface area contributed by atoms with Crippen molar-refractivity contribution in [3.63, 3.8) is 0 Å². The molecule has 1 N–H and O–H groups in total. The first-order valence-electron chi connectivity index (χ1n) is 7.19. The molecule has 0 spiro atoms. The summed E-state index contributed by atoms with van der Waals surface area (Å²) in [5.74, 6) is 3.11. The Labute approximate surface area is 139 Å². The Morgan fingerprint density at radius 1 is 1.19 bits per heavy atom. The Morgan fingerprint density at radius 3 is 2.62 bits per heavy atom. The summed E-state index contributed by atoms with van der Waals surface area (Å²) in [6.45, 7) is 7.06. The van der Waals surface area contributed by atoms with E-state index in [2.05, 4.69) is 44.8 Å². The third-order valence-electron chi connectivity index (χ3n) is 3.05. The third kappa shape index (κ3) is 4.06. The van der Waals surface area contributed by atoms with E-state index < -0.39 is 0 Å². The highest BCUT2D eigenvalue weighted by Crippen LogP contribution is 2.30. The van der Waals surface area contributed by atoms with Crippen molar-refractivity contribution in [3.8, 4) is 11.6 Å². The average Bonchev–Trinajstić information content (AvgIpc) is 2.50. The largest absolute Gasteiger partial charge is 0.437 e. The van der Waals surface area contributed by atoms with Gasteiger partial charge in [0.05, 0.1) is 9.13 Å². The lowest BCUT2D eigenvalue weighted by molar-refractivity contribution is 0.452. The Balaban J connectivity index is 2.35. The van der Waals surface area contributed by atoms with Crippen molar-refractivity contribution in [1.82, 2.24) is 9.97 Å². The highest BCUT2D eigenvalue weighted by atomic mass is 127. The van der Waals surface area contributed by atoms with E-state index >= 15 is 0 Å². The zero-order chi connectivity index (χ0) is 15.2. The molecule has 0 radical (unpaired) electrons. The molecule has 0 amide bonds. The number of nitrogens with one attached hydrogen (secondary N) is 1. The standard InChI is InChI=1S/C16H20IN3O/c1-4-10-18-15-11(3)16(20-14(5-2)19-15)21-13-9-7-6-8-12(13)17/h6-9H,4-5,10H2,1-3H3,(H,18,19,20). The molecule has 1 aromatic carbocycles. The van der Waals surface area contributed by atoms with E-state index in [0.29, 0.717) is 5.88 Å². The van der Waals surface area contributed by atoms with Crippen LogP contribution in [-0.2, 0) is 6.42 Å². The Hall–Kier alpha value is -1.37. The quantitative estimate of drug-likeness (QED) is 0.726. The molecule has 4 nitrogen and oxygen atoms in total. The second-order valence-electron chi connectivity index (χ2n) is 4.73. The molecule has 0 fully saturated rings. The molecule has 0 bridgehead atoms. The lowest BCUT2D eigenvalue weighted by atomic mass is 10.3. The second-order valence-corrected chi connectivity index (χ2v) is 5.89. The van der Waals surface area contributed by atoms with Crippen molar-refractivity contribution in [2.75, 3.05) is 11.9 Å². The Morgan fingerprint density at radius 2 is 1.95 bits per heavy atom. The lowest BCUT2D eigenvalue weighted by Gasteiger charge is -2.14. The first kappa shape index (κ1) is 16.0. The Bertz CT molecular complexity index is 616. The van der Waals surface area contributed by atoms with Gasteiger partial charge in [-0.2, -0.15) is 4.98 Å². The first-order valence-corrected chi connectivity index (χ1v) is 8.27. The zero-order valence-electron chi connectivity index (χ0n) is 12.6. The minimum absolute atomic E-state index is 0.629. The van der Waals surface area contributed by atoms with Crippen molar-refractivity contribution in [2.45, 2.75) is 33.6 Å². The van der Waals surface area contributed by atoms with Gasteiger partial charge in [0.2, 0.25) is 5.88 Å². The minimum Gasteiger partial charge on any atom is -0.437 e. The van der Waals surface area contributed by atoms with Crippen molar-refractivity contribution >= 4 is 28.4 Å². The maximum atomic E-state index is 6.00. The van der Waals surface area contributed by atoms with Gasteiger partial charge in [0.15, 0.2) is 0 Å². The number of hydrogen-bond donors (Lipinski definition) is 1. The van der Waals surface area contributed by atoms with E-state index in [-0.39, 0.29) is 0 Å². The number of aromatic nitrogens is 2. The molecule has 0 atom stereocenters. The van der Waals surface area contributed by atoms with Crippen LogP contribution in [0.3, 0.4) is 0 Å². The van der Waals surface area contributed by atoms with Crippen LogP contribution in [-0.4, -0.2) is 16.5 Å². The summed E-state index contributed by atoms with van der Waals surface area (Å²) in [4.78, 5) is 9.07. The number of benzene rings is 1. The van der Waals surface area contributed by atoms with Crippen LogP contribution in [0.5, 0.6) is 11.6 Å². The summed E-state index contributed by atoms with van der Waals surface area (Å²) in [7, 11) is 0. The number of rotatable bonds is 6. The summed E-state index contributed by atoms with van der Waals surface area (Å²) in [6, 6.07) is 7.93. The summed E-state index contributed by atoms with van der Waals surface area (Å²) in [5, 5.41) is 3.35. The highest BCUT2D eigenvalue weighted by Gasteiger charge is 2.13. The van der Waals surface area contributed by atoms with Gasteiger partial charge in [-0.3, -0.25) is 0 Å². The van der Waals surface area contributed by atoms with Gasteiger partial charge in [0.25, 0.3) is 0 Å².